The summed E-state index contributed by atoms with van der Waals surface area (Å²) in [6.07, 6.45) is 6.95. The second-order valence-electron chi connectivity index (χ2n) is 6.64. The van der Waals surface area contributed by atoms with Crippen molar-refractivity contribution in [2.45, 2.75) is 80.6 Å². The molecule has 0 bridgehead atoms. The van der Waals surface area contributed by atoms with E-state index in [-0.39, 0.29) is 0 Å². The molecule has 0 aromatic carbocycles. The smallest absolute Gasteiger partial charge is 0.0363 e. The van der Waals surface area contributed by atoms with Crippen molar-refractivity contribution < 1.29 is 0 Å². The molecular formula is C17H36. The van der Waals surface area contributed by atoms with Crippen LogP contribution >= 0.6 is 0 Å². The zero-order valence-corrected chi connectivity index (χ0v) is 13.4. The number of rotatable bonds is 9. The summed E-state index contributed by atoms with van der Waals surface area (Å²) < 4.78 is 0. The van der Waals surface area contributed by atoms with Gasteiger partial charge >= 0.3 is 0 Å². The third kappa shape index (κ3) is 6.48. The predicted octanol–water partition coefficient (Wildman–Crippen LogP) is 6.16. The Morgan fingerprint density at radius 2 is 1.47 bits per heavy atom. The predicted molar refractivity (Wildman–Crippen MR) is 80.3 cm³/mol. The zero-order chi connectivity index (χ0) is 13.4. The average Bonchev–Trinajstić information content (AvgIpc) is 2.26. The molecule has 0 saturated carbocycles. The van der Waals surface area contributed by atoms with E-state index < -0.39 is 0 Å². The second kappa shape index (κ2) is 9.00. The van der Waals surface area contributed by atoms with E-state index in [0.29, 0.717) is 0 Å². The van der Waals surface area contributed by atoms with Crippen molar-refractivity contribution in [3.05, 3.63) is 0 Å². The van der Waals surface area contributed by atoms with Gasteiger partial charge in [0.05, 0.1) is 0 Å². The van der Waals surface area contributed by atoms with Crippen molar-refractivity contribution in [3.8, 4) is 0 Å². The average molecular weight is 240 g/mol. The van der Waals surface area contributed by atoms with Crippen LogP contribution in [-0.4, -0.2) is 0 Å². The maximum atomic E-state index is 2.48. The van der Waals surface area contributed by atoms with Gasteiger partial charge in [0, 0.05) is 0 Å². The third-order valence-corrected chi connectivity index (χ3v) is 4.75. The molecule has 0 amide bonds. The van der Waals surface area contributed by atoms with Gasteiger partial charge in [0.2, 0.25) is 0 Å². The van der Waals surface area contributed by atoms with E-state index in [0.717, 1.165) is 29.6 Å². The largest absolute Gasteiger partial charge is 0.0654 e. The third-order valence-electron chi connectivity index (χ3n) is 4.75. The molecule has 0 heteroatoms. The molecule has 0 spiro atoms. The van der Waals surface area contributed by atoms with Crippen LogP contribution in [-0.2, 0) is 0 Å². The van der Waals surface area contributed by atoms with Gasteiger partial charge in [0.1, 0.15) is 0 Å². The van der Waals surface area contributed by atoms with Gasteiger partial charge in [-0.25, -0.2) is 0 Å². The summed E-state index contributed by atoms with van der Waals surface area (Å²) >= 11 is 0. The second-order valence-corrected chi connectivity index (χ2v) is 6.64. The van der Waals surface area contributed by atoms with Crippen molar-refractivity contribution in [2.24, 2.45) is 29.6 Å². The lowest BCUT2D eigenvalue weighted by atomic mass is 9.73. The Morgan fingerprint density at radius 3 is 1.88 bits per heavy atom. The summed E-state index contributed by atoms with van der Waals surface area (Å²) in [5.41, 5.74) is 0. The van der Waals surface area contributed by atoms with Crippen LogP contribution in [0, 0.1) is 29.6 Å². The summed E-state index contributed by atoms with van der Waals surface area (Å²) in [7, 11) is 0. The maximum absolute atomic E-state index is 2.48. The molecule has 17 heavy (non-hydrogen) atoms. The topological polar surface area (TPSA) is 0 Å². The molecule has 0 fully saturated rings. The summed E-state index contributed by atoms with van der Waals surface area (Å²) in [5, 5.41) is 0. The van der Waals surface area contributed by atoms with Crippen LogP contribution in [0.1, 0.15) is 80.6 Å². The fraction of sp³-hybridized carbons (Fsp3) is 1.00. The van der Waals surface area contributed by atoms with E-state index in [1.807, 2.05) is 0 Å². The Kier molecular flexibility index (Phi) is 9.00. The normalized spacial score (nSPS) is 19.1. The molecule has 0 aliphatic rings. The van der Waals surface area contributed by atoms with E-state index in [2.05, 4.69) is 48.5 Å². The fourth-order valence-electron chi connectivity index (χ4n) is 3.27. The molecule has 4 unspecified atom stereocenters. The first-order valence-corrected chi connectivity index (χ1v) is 7.93. The lowest BCUT2D eigenvalue weighted by Crippen LogP contribution is -2.24. The van der Waals surface area contributed by atoms with Gasteiger partial charge < -0.3 is 0 Å². The first kappa shape index (κ1) is 17.0. The Morgan fingerprint density at radius 1 is 0.882 bits per heavy atom. The van der Waals surface area contributed by atoms with Gasteiger partial charge in [-0.05, 0) is 36.0 Å². The molecule has 0 heterocycles. The molecule has 0 nitrogen and oxygen atoms in total. The highest BCUT2D eigenvalue weighted by molar-refractivity contribution is 4.74. The Balaban J connectivity index is 4.20. The molecule has 0 aliphatic heterocycles. The standard InChI is InChI=1S/C17H36/c1-8-10-11-14(5)12-15(6)17(9-2)16(7)13(3)4/h13-17H,8-12H2,1-7H3. The minimum Gasteiger partial charge on any atom is -0.0654 e. The lowest BCUT2D eigenvalue weighted by molar-refractivity contribution is 0.173. The van der Waals surface area contributed by atoms with Crippen LogP contribution in [0.4, 0.5) is 0 Å². The van der Waals surface area contributed by atoms with E-state index in [1.165, 1.54) is 32.1 Å². The molecule has 0 saturated heterocycles. The van der Waals surface area contributed by atoms with Crippen LogP contribution in [0.2, 0.25) is 0 Å². The van der Waals surface area contributed by atoms with Crippen LogP contribution in [0.5, 0.6) is 0 Å². The molecule has 0 N–H and O–H groups in total. The number of hydrogen-bond acceptors (Lipinski definition) is 0. The summed E-state index contributed by atoms with van der Waals surface area (Å²) in [4.78, 5) is 0. The van der Waals surface area contributed by atoms with Gasteiger partial charge in [-0.2, -0.15) is 0 Å². The van der Waals surface area contributed by atoms with Gasteiger partial charge in [0.15, 0.2) is 0 Å². The van der Waals surface area contributed by atoms with Crippen LogP contribution in [0.25, 0.3) is 0 Å². The highest BCUT2D eigenvalue weighted by Crippen LogP contribution is 2.34. The van der Waals surface area contributed by atoms with Crippen LogP contribution in [0.3, 0.4) is 0 Å². The Bertz CT molecular complexity index is 171. The van der Waals surface area contributed by atoms with E-state index >= 15 is 0 Å². The van der Waals surface area contributed by atoms with Gasteiger partial charge in [-0.1, -0.05) is 74.1 Å². The van der Waals surface area contributed by atoms with E-state index in [1.54, 1.807) is 0 Å². The van der Waals surface area contributed by atoms with Gasteiger partial charge in [0.25, 0.3) is 0 Å². The Hall–Kier alpha value is 0. The summed E-state index contributed by atoms with van der Waals surface area (Å²) in [6.45, 7) is 16.8. The maximum Gasteiger partial charge on any atom is -0.0363 e. The lowest BCUT2D eigenvalue weighted by Gasteiger charge is -2.32. The minimum absolute atomic E-state index is 0.827. The number of unbranched alkanes of at least 4 members (excludes halogenated alkanes) is 1. The molecule has 0 aromatic rings. The van der Waals surface area contributed by atoms with Crippen LogP contribution in [0.15, 0.2) is 0 Å². The van der Waals surface area contributed by atoms with Crippen molar-refractivity contribution in [2.75, 3.05) is 0 Å². The van der Waals surface area contributed by atoms with Crippen LogP contribution < -0.4 is 0 Å². The quantitative estimate of drug-likeness (QED) is 0.453. The highest BCUT2D eigenvalue weighted by atomic mass is 14.3. The molecule has 4 atom stereocenters. The van der Waals surface area contributed by atoms with Crippen molar-refractivity contribution in [1.82, 2.24) is 0 Å². The summed E-state index contributed by atoms with van der Waals surface area (Å²) in [5.74, 6) is 4.42. The first-order chi connectivity index (χ1) is 7.93. The molecule has 0 radical (unpaired) electrons. The fourth-order valence-corrected chi connectivity index (χ4v) is 3.27. The monoisotopic (exact) mass is 240 g/mol. The minimum atomic E-state index is 0.827. The molecule has 0 aliphatic carbocycles. The molecule has 104 valence electrons. The SMILES string of the molecule is CCCCC(C)CC(C)C(CC)C(C)C(C)C. The van der Waals surface area contributed by atoms with Gasteiger partial charge in [-0.3, -0.25) is 0 Å². The molecule has 0 rings (SSSR count). The molecular weight excluding hydrogens is 204 g/mol. The van der Waals surface area contributed by atoms with E-state index in [4.69, 9.17) is 0 Å². The first-order valence-electron chi connectivity index (χ1n) is 7.93. The van der Waals surface area contributed by atoms with Crippen molar-refractivity contribution in [3.63, 3.8) is 0 Å². The zero-order valence-electron chi connectivity index (χ0n) is 13.4. The Labute approximate surface area is 111 Å². The number of hydrogen-bond donors (Lipinski definition) is 0. The highest BCUT2D eigenvalue weighted by Gasteiger charge is 2.25. The van der Waals surface area contributed by atoms with Crippen molar-refractivity contribution in [1.29, 1.82) is 0 Å². The van der Waals surface area contributed by atoms with E-state index in [9.17, 15) is 0 Å². The van der Waals surface area contributed by atoms with Crippen molar-refractivity contribution >= 4 is 0 Å². The van der Waals surface area contributed by atoms with Gasteiger partial charge in [-0.15, -0.1) is 0 Å². The molecule has 0 aromatic heterocycles. The summed E-state index contributed by atoms with van der Waals surface area (Å²) in [6, 6.07) is 0.